The largest absolute Gasteiger partial charge is 0.455 e. The lowest BCUT2D eigenvalue weighted by Crippen LogP contribution is -2.62. The minimum absolute atomic E-state index is 0.143. The van der Waals surface area contributed by atoms with E-state index in [2.05, 4.69) is 12.2 Å². The fourth-order valence-corrected chi connectivity index (χ4v) is 11.4. The molecule has 492 valence electrons. The van der Waals surface area contributed by atoms with E-state index in [9.17, 15) is 18.5 Å². The van der Waals surface area contributed by atoms with Gasteiger partial charge in [-0.3, -0.25) is 4.79 Å². The molecule has 1 saturated heterocycles. The van der Waals surface area contributed by atoms with E-state index in [-0.39, 0.29) is 36.5 Å². The van der Waals surface area contributed by atoms with E-state index in [0.717, 1.165) is 25.7 Å². The number of rotatable bonds is 47. The van der Waals surface area contributed by atoms with E-state index in [0.29, 0.717) is 35.1 Å². The van der Waals surface area contributed by atoms with Crippen molar-refractivity contribution in [2.24, 2.45) is 0 Å². The highest BCUT2D eigenvalue weighted by Crippen LogP contribution is 2.33. The van der Waals surface area contributed by atoms with Crippen LogP contribution in [0, 0.1) is 0 Å². The number of esters is 2. The molecule has 0 aliphatic carbocycles. The van der Waals surface area contributed by atoms with Crippen LogP contribution < -0.4 is 5.32 Å². The number of carbonyl (C=O) groups excluding carboxylic acids is 3. The van der Waals surface area contributed by atoms with Crippen LogP contribution in [0.3, 0.4) is 0 Å². The molecule has 7 rings (SSSR count). The van der Waals surface area contributed by atoms with E-state index >= 15 is 0 Å². The van der Waals surface area contributed by atoms with Gasteiger partial charge in [-0.25, -0.2) is 9.59 Å². The molecule has 0 radical (unpaired) electrons. The molecular weight excluding hydrogens is 1140 g/mol. The van der Waals surface area contributed by atoms with E-state index in [1.807, 2.05) is 43.3 Å². The average molecular weight is 1250 g/mol. The van der Waals surface area contributed by atoms with Gasteiger partial charge in [0.05, 0.1) is 62.2 Å². The molecule has 12 heteroatoms. The second kappa shape index (κ2) is 44.1. The van der Waals surface area contributed by atoms with Gasteiger partial charge in [0.25, 0.3) is 0 Å². The number of amides is 1. The van der Waals surface area contributed by atoms with E-state index in [1.54, 1.807) is 146 Å². The van der Waals surface area contributed by atoms with Crippen LogP contribution in [0.15, 0.2) is 182 Å². The SMILES string of the molecule is [2H]C(OC[C@H]1OC(OC[C@H](NC(=O)CCCCCCCCCCCCCCCCCCCCCCC)[C@H](OC(=O)c2ccccc2)[C@@H](CCC)OC(=O)c2ccccc2)[C@H](OC([2H])c2ccccc2)[C@@H](OC([2H])c2ccccc2)[C@H]1OC([2H])c1ccccc1)c1ccccc1. The third-order valence-corrected chi connectivity index (χ3v) is 16.5. The summed E-state index contributed by atoms with van der Waals surface area (Å²) in [6.07, 6.45) is 17.6. The molecule has 1 aliphatic rings. The number of hydrogen-bond donors (Lipinski definition) is 1. The fraction of sp³-hybridized carbons (Fsp3) is 0.506. The van der Waals surface area contributed by atoms with Crippen molar-refractivity contribution in [2.45, 2.75) is 243 Å². The van der Waals surface area contributed by atoms with Crippen molar-refractivity contribution in [2.75, 3.05) is 13.2 Å². The Balaban J connectivity index is 1.14. The summed E-state index contributed by atoms with van der Waals surface area (Å²) in [6.45, 7) is -1.89. The smallest absolute Gasteiger partial charge is 0.338 e. The van der Waals surface area contributed by atoms with Gasteiger partial charge in [-0.1, -0.05) is 306 Å². The summed E-state index contributed by atoms with van der Waals surface area (Å²) in [5.41, 5.74) is 2.53. The fourth-order valence-electron chi connectivity index (χ4n) is 11.4. The summed E-state index contributed by atoms with van der Waals surface area (Å²) in [7, 11) is 0. The Labute approximate surface area is 550 Å². The first-order chi connectivity index (χ1) is 46.5. The van der Waals surface area contributed by atoms with Crippen LogP contribution in [0.4, 0.5) is 0 Å². The van der Waals surface area contributed by atoms with Gasteiger partial charge >= 0.3 is 11.9 Å². The number of unbranched alkanes of at least 4 members (excludes halogenated alkanes) is 20. The van der Waals surface area contributed by atoms with Gasteiger partial charge < -0.3 is 43.2 Å². The minimum Gasteiger partial charge on any atom is -0.455 e. The third-order valence-electron chi connectivity index (χ3n) is 16.5. The highest BCUT2D eigenvalue weighted by atomic mass is 16.7. The number of carbonyl (C=O) groups is 3. The van der Waals surface area contributed by atoms with Crippen molar-refractivity contribution in [1.29, 1.82) is 0 Å². The van der Waals surface area contributed by atoms with Gasteiger partial charge in [0.2, 0.25) is 5.91 Å². The van der Waals surface area contributed by atoms with Crippen molar-refractivity contribution in [3.8, 4) is 0 Å². The van der Waals surface area contributed by atoms with E-state index in [4.69, 9.17) is 39.3 Å². The molecule has 0 spiro atoms. The lowest BCUT2D eigenvalue weighted by Gasteiger charge is -2.46. The Bertz CT molecular complexity index is 2980. The normalized spacial score (nSPS) is 19.4. The monoisotopic (exact) mass is 1250 g/mol. The molecule has 0 saturated carbocycles. The lowest BCUT2D eigenvalue weighted by molar-refractivity contribution is -0.329. The summed E-state index contributed by atoms with van der Waals surface area (Å²) in [4.78, 5) is 43.3. The van der Waals surface area contributed by atoms with Crippen LogP contribution in [0.2, 0.25) is 0 Å². The van der Waals surface area contributed by atoms with Crippen molar-refractivity contribution < 1.29 is 57.8 Å². The topological polar surface area (TPSA) is 137 Å². The van der Waals surface area contributed by atoms with Gasteiger partial charge in [0.15, 0.2) is 12.4 Å². The zero-order chi connectivity index (χ0) is 67.1. The van der Waals surface area contributed by atoms with E-state index < -0.39 is 93.8 Å². The summed E-state index contributed by atoms with van der Waals surface area (Å²) in [5.74, 6) is -1.74. The zero-order valence-corrected chi connectivity index (χ0v) is 54.1. The van der Waals surface area contributed by atoms with Crippen LogP contribution in [0.5, 0.6) is 0 Å². The van der Waals surface area contributed by atoms with Gasteiger partial charge in [0, 0.05) is 6.42 Å². The van der Waals surface area contributed by atoms with Crippen molar-refractivity contribution in [3.05, 3.63) is 215 Å². The number of ether oxygens (including phenoxy) is 8. The highest BCUT2D eigenvalue weighted by molar-refractivity contribution is 5.90. The molecule has 0 bridgehead atoms. The third kappa shape index (κ3) is 27.7. The van der Waals surface area contributed by atoms with Crippen LogP contribution >= 0.6 is 0 Å². The first kappa shape index (κ1) is 66.0. The maximum atomic E-state index is 14.6. The number of hydrogen-bond acceptors (Lipinski definition) is 11. The minimum atomic E-state index is -1.54. The van der Waals surface area contributed by atoms with Crippen molar-refractivity contribution in [3.63, 3.8) is 0 Å². The molecule has 1 amide bonds. The molecule has 12 atom stereocenters. The first-order valence-corrected chi connectivity index (χ1v) is 34.1. The quantitative estimate of drug-likeness (QED) is 0.0289. The van der Waals surface area contributed by atoms with Crippen molar-refractivity contribution >= 4 is 17.8 Å². The Morgan fingerprint density at radius 2 is 0.802 bits per heavy atom. The Kier molecular flexibility index (Phi) is 32.0. The second-order valence-corrected chi connectivity index (χ2v) is 24.0. The molecule has 5 unspecified atom stereocenters. The predicted molar refractivity (Wildman–Crippen MR) is 361 cm³/mol. The van der Waals surface area contributed by atoms with Gasteiger partial charge in [0.1, 0.15) is 30.5 Å². The molecule has 6 aromatic rings. The molecule has 1 fully saturated rings. The van der Waals surface area contributed by atoms with Crippen LogP contribution in [-0.4, -0.2) is 80.0 Å². The summed E-state index contributed by atoms with van der Waals surface area (Å²) >= 11 is 0. The Hall–Kier alpha value is -6.51. The second-order valence-electron chi connectivity index (χ2n) is 24.0. The number of nitrogens with one attached hydrogen (secondary N) is 1. The maximum Gasteiger partial charge on any atom is 0.338 e. The van der Waals surface area contributed by atoms with Gasteiger partial charge in [-0.15, -0.1) is 0 Å². The molecule has 91 heavy (non-hydrogen) atoms. The van der Waals surface area contributed by atoms with Crippen LogP contribution in [0.25, 0.3) is 0 Å². The van der Waals surface area contributed by atoms with Gasteiger partial charge in [-0.2, -0.15) is 0 Å². The zero-order valence-electron chi connectivity index (χ0n) is 58.1. The molecule has 0 aromatic heterocycles. The molecule has 12 nitrogen and oxygen atoms in total. The summed E-state index contributed by atoms with van der Waals surface area (Å²) in [6, 6.07) is 51.4. The molecule has 1 aliphatic heterocycles. The van der Waals surface area contributed by atoms with Crippen molar-refractivity contribution in [1.82, 2.24) is 5.32 Å². The average Bonchev–Trinajstić information content (AvgIpc) is 0.789. The van der Waals surface area contributed by atoms with Crippen LogP contribution in [0.1, 0.15) is 216 Å². The van der Waals surface area contributed by atoms with Gasteiger partial charge in [-0.05, 0) is 59.4 Å². The highest BCUT2D eigenvalue weighted by Gasteiger charge is 2.50. The molecule has 1 heterocycles. The Morgan fingerprint density at radius 1 is 0.429 bits per heavy atom. The standard InChI is InChI=1S/C79H105NO11/c1-3-5-6-7-8-9-10-11-12-13-14-15-16-17-18-19-20-21-22-23-42-56-72(81)80-69(73(91-78(83)68-54-40-29-41-55-68)70(43-4-2)89-77(82)67-52-38-28-39-53-67)61-88-79-76(87-60-66-50-36-27-37-51-66)75(86-59-65-48-34-26-35-49-65)74(85-58-64-46-32-25-33-47-64)71(90-79)62-84-57-63-44-30-24-31-45-63/h24-41,44-55,69-71,73-76,79H,3-23,42-43,56-62H2,1-2H3,(H,80,81)/t69-,70+,71+,73-,74-,75-,76+,79?/m0/s1/i57D,58D,59D,60D/t57?,58?,59?,60?,69-,70+,71+,73-,74-,75-,76+,79?. The van der Waals surface area contributed by atoms with Crippen LogP contribution in [-0.2, 0) is 69.0 Å². The number of benzene rings is 6. The molecule has 6 aromatic carbocycles. The lowest BCUT2D eigenvalue weighted by atomic mass is 9.97. The first-order valence-electron chi connectivity index (χ1n) is 36.4. The molecular formula is C79H105NO11. The predicted octanol–water partition coefficient (Wildman–Crippen LogP) is 18.0. The summed E-state index contributed by atoms with van der Waals surface area (Å²) < 4.78 is 91.1. The molecule has 1 N–H and O–H groups in total. The Morgan fingerprint density at radius 3 is 1.23 bits per heavy atom. The van der Waals surface area contributed by atoms with E-state index in [1.165, 1.54) is 103 Å². The maximum absolute atomic E-state index is 14.6. The summed E-state index contributed by atoms with van der Waals surface area (Å²) in [5, 5.41) is 3.17.